The number of furan rings is 1. The summed E-state index contributed by atoms with van der Waals surface area (Å²) in [7, 11) is 1.63. The van der Waals surface area contributed by atoms with Crippen LogP contribution in [0.2, 0.25) is 0 Å². The molecule has 1 aliphatic rings. The van der Waals surface area contributed by atoms with E-state index in [0.717, 1.165) is 29.8 Å². The minimum Gasteiger partial charge on any atom is -0.495 e. The topological polar surface area (TPSA) is 42.7 Å². The molecular formula is C15H15NO3. The Balaban J connectivity index is 2.05. The molecule has 0 saturated carbocycles. The summed E-state index contributed by atoms with van der Waals surface area (Å²) in [5.74, 6) is 0.702. The first kappa shape index (κ1) is 11.8. The first-order valence-electron chi connectivity index (χ1n) is 6.31. The standard InChI is InChI=1S/C15H15NO3/c1-18-13-6-2-4-11-5-3-8-16(14(11)13)15(17)12-7-9-19-10-12/h2,4,6-7,9-10H,3,5,8H2,1H3. The Bertz CT molecular complexity index is 575. The van der Waals surface area contributed by atoms with Crippen molar-refractivity contribution < 1.29 is 13.9 Å². The van der Waals surface area contributed by atoms with Crippen LogP contribution >= 0.6 is 0 Å². The molecule has 0 fully saturated rings. The number of carbonyl (C=O) groups excluding carboxylic acids is 1. The molecule has 0 atom stereocenters. The van der Waals surface area contributed by atoms with Crippen molar-refractivity contribution in [2.45, 2.75) is 12.8 Å². The Kier molecular flexibility index (Phi) is 2.99. The molecule has 4 heteroatoms. The Morgan fingerprint density at radius 3 is 3.00 bits per heavy atom. The largest absolute Gasteiger partial charge is 0.495 e. The second kappa shape index (κ2) is 4.80. The minimum absolute atomic E-state index is 0.0424. The predicted molar refractivity (Wildman–Crippen MR) is 71.7 cm³/mol. The zero-order valence-corrected chi connectivity index (χ0v) is 10.8. The van der Waals surface area contributed by atoms with E-state index < -0.39 is 0 Å². The first-order chi connectivity index (χ1) is 9.31. The van der Waals surface area contributed by atoms with Crippen LogP contribution in [-0.2, 0) is 6.42 Å². The fraction of sp³-hybridized carbons (Fsp3) is 0.267. The van der Waals surface area contributed by atoms with Gasteiger partial charge in [0, 0.05) is 6.54 Å². The summed E-state index contributed by atoms with van der Waals surface area (Å²) in [6, 6.07) is 7.59. The van der Waals surface area contributed by atoms with Crippen molar-refractivity contribution in [3.63, 3.8) is 0 Å². The Morgan fingerprint density at radius 2 is 2.26 bits per heavy atom. The molecule has 0 aliphatic carbocycles. The fourth-order valence-electron chi connectivity index (χ4n) is 2.53. The maximum absolute atomic E-state index is 12.5. The molecule has 0 N–H and O–H groups in total. The smallest absolute Gasteiger partial charge is 0.261 e. The van der Waals surface area contributed by atoms with Crippen LogP contribution < -0.4 is 9.64 Å². The van der Waals surface area contributed by atoms with E-state index >= 15 is 0 Å². The summed E-state index contributed by atoms with van der Waals surface area (Å²) in [5.41, 5.74) is 2.61. The van der Waals surface area contributed by atoms with Crippen molar-refractivity contribution in [1.29, 1.82) is 0 Å². The normalized spacial score (nSPS) is 14.1. The predicted octanol–water partition coefficient (Wildman–Crippen LogP) is 2.88. The first-order valence-corrected chi connectivity index (χ1v) is 6.31. The summed E-state index contributed by atoms with van der Waals surface area (Å²) in [6.07, 6.45) is 4.93. The van der Waals surface area contributed by atoms with Gasteiger partial charge in [-0.05, 0) is 30.5 Å². The minimum atomic E-state index is -0.0424. The zero-order chi connectivity index (χ0) is 13.2. The number of anilines is 1. The molecule has 2 heterocycles. The number of rotatable bonds is 2. The fourth-order valence-corrected chi connectivity index (χ4v) is 2.53. The average Bonchev–Trinajstić information content (AvgIpc) is 2.99. The number of aryl methyl sites for hydroxylation is 1. The maximum atomic E-state index is 12.5. The summed E-state index contributed by atoms with van der Waals surface area (Å²) >= 11 is 0. The molecule has 1 aliphatic heterocycles. The van der Waals surface area contributed by atoms with Gasteiger partial charge in [-0.15, -0.1) is 0 Å². The number of hydrogen-bond donors (Lipinski definition) is 0. The molecule has 0 bridgehead atoms. The number of nitrogens with zero attached hydrogens (tertiary/aromatic N) is 1. The lowest BCUT2D eigenvalue weighted by molar-refractivity contribution is 0.0983. The van der Waals surface area contributed by atoms with Gasteiger partial charge in [-0.1, -0.05) is 12.1 Å². The van der Waals surface area contributed by atoms with E-state index in [9.17, 15) is 4.79 Å². The third kappa shape index (κ3) is 1.99. The molecule has 0 unspecified atom stereocenters. The maximum Gasteiger partial charge on any atom is 0.261 e. The van der Waals surface area contributed by atoms with E-state index in [4.69, 9.17) is 9.15 Å². The highest BCUT2D eigenvalue weighted by molar-refractivity contribution is 6.07. The van der Waals surface area contributed by atoms with Crippen molar-refractivity contribution in [2.75, 3.05) is 18.6 Å². The molecule has 1 aromatic heterocycles. The monoisotopic (exact) mass is 257 g/mol. The van der Waals surface area contributed by atoms with Gasteiger partial charge in [-0.3, -0.25) is 4.79 Å². The lowest BCUT2D eigenvalue weighted by atomic mass is 10.0. The summed E-state index contributed by atoms with van der Waals surface area (Å²) < 4.78 is 10.4. The van der Waals surface area contributed by atoms with E-state index in [2.05, 4.69) is 0 Å². The molecule has 0 saturated heterocycles. The van der Waals surface area contributed by atoms with E-state index in [-0.39, 0.29) is 5.91 Å². The van der Waals surface area contributed by atoms with Crippen LogP contribution in [0.1, 0.15) is 22.3 Å². The highest BCUT2D eigenvalue weighted by Gasteiger charge is 2.27. The molecule has 4 nitrogen and oxygen atoms in total. The third-order valence-corrected chi connectivity index (χ3v) is 3.41. The number of methoxy groups -OCH3 is 1. The van der Waals surface area contributed by atoms with Gasteiger partial charge in [0.2, 0.25) is 0 Å². The van der Waals surface area contributed by atoms with Crippen molar-refractivity contribution in [2.24, 2.45) is 0 Å². The zero-order valence-electron chi connectivity index (χ0n) is 10.8. The number of hydrogen-bond acceptors (Lipinski definition) is 3. The molecule has 1 amide bonds. The average molecular weight is 257 g/mol. The van der Waals surface area contributed by atoms with Crippen LogP contribution in [0.3, 0.4) is 0 Å². The van der Waals surface area contributed by atoms with Crippen molar-refractivity contribution in [3.8, 4) is 5.75 Å². The summed E-state index contributed by atoms with van der Waals surface area (Å²) in [4.78, 5) is 14.3. The van der Waals surface area contributed by atoms with Gasteiger partial charge in [0.25, 0.3) is 5.91 Å². The van der Waals surface area contributed by atoms with E-state index in [1.807, 2.05) is 18.2 Å². The lowest BCUT2D eigenvalue weighted by Crippen LogP contribution is -2.35. The Morgan fingerprint density at radius 1 is 1.37 bits per heavy atom. The van der Waals surface area contributed by atoms with Crippen LogP contribution in [0.5, 0.6) is 5.75 Å². The van der Waals surface area contributed by atoms with Crippen molar-refractivity contribution >= 4 is 11.6 Å². The summed E-state index contributed by atoms with van der Waals surface area (Å²) in [5, 5.41) is 0. The van der Waals surface area contributed by atoms with Crippen LogP contribution in [0.4, 0.5) is 5.69 Å². The van der Waals surface area contributed by atoms with Crippen LogP contribution in [0.15, 0.2) is 41.2 Å². The van der Waals surface area contributed by atoms with Crippen molar-refractivity contribution in [3.05, 3.63) is 47.9 Å². The van der Waals surface area contributed by atoms with Crippen LogP contribution in [-0.4, -0.2) is 19.6 Å². The molecule has 1 aromatic carbocycles. The number of benzene rings is 1. The number of carbonyl (C=O) groups is 1. The van der Waals surface area contributed by atoms with Gasteiger partial charge < -0.3 is 14.1 Å². The van der Waals surface area contributed by atoms with Gasteiger partial charge in [-0.25, -0.2) is 0 Å². The molecular weight excluding hydrogens is 242 g/mol. The van der Waals surface area contributed by atoms with Gasteiger partial charge in [-0.2, -0.15) is 0 Å². The van der Waals surface area contributed by atoms with Gasteiger partial charge >= 0.3 is 0 Å². The van der Waals surface area contributed by atoms with Gasteiger partial charge in [0.15, 0.2) is 0 Å². The van der Waals surface area contributed by atoms with Gasteiger partial charge in [0.05, 0.1) is 24.6 Å². The van der Waals surface area contributed by atoms with E-state index in [0.29, 0.717) is 12.1 Å². The number of fused-ring (bicyclic) bond motifs is 1. The number of para-hydroxylation sites is 1. The highest BCUT2D eigenvalue weighted by atomic mass is 16.5. The van der Waals surface area contributed by atoms with Crippen LogP contribution in [0.25, 0.3) is 0 Å². The molecule has 3 rings (SSSR count). The quantitative estimate of drug-likeness (QED) is 0.830. The molecule has 2 aromatic rings. The number of ether oxygens (including phenoxy) is 1. The lowest BCUT2D eigenvalue weighted by Gasteiger charge is -2.30. The summed E-state index contributed by atoms with van der Waals surface area (Å²) in [6.45, 7) is 0.706. The second-order valence-corrected chi connectivity index (χ2v) is 4.54. The SMILES string of the molecule is COc1cccc2c1N(C(=O)c1ccoc1)CCC2. The van der Waals surface area contributed by atoms with Crippen LogP contribution in [0, 0.1) is 0 Å². The van der Waals surface area contributed by atoms with E-state index in [1.54, 1.807) is 18.1 Å². The number of amides is 1. The Labute approximate surface area is 111 Å². The van der Waals surface area contributed by atoms with Gasteiger partial charge in [0.1, 0.15) is 12.0 Å². The molecule has 0 radical (unpaired) electrons. The second-order valence-electron chi connectivity index (χ2n) is 4.54. The van der Waals surface area contributed by atoms with Crippen molar-refractivity contribution in [1.82, 2.24) is 0 Å². The molecule has 98 valence electrons. The molecule has 0 spiro atoms. The molecule has 19 heavy (non-hydrogen) atoms. The third-order valence-electron chi connectivity index (χ3n) is 3.41. The van der Waals surface area contributed by atoms with E-state index in [1.165, 1.54) is 12.5 Å². The Hall–Kier alpha value is -2.23. The highest BCUT2D eigenvalue weighted by Crippen LogP contribution is 2.36.